The van der Waals surface area contributed by atoms with Gasteiger partial charge in [-0.3, -0.25) is 14.4 Å². The Balaban J connectivity index is 1.45. The lowest BCUT2D eigenvalue weighted by molar-refractivity contribution is -0.137. The first-order valence-electron chi connectivity index (χ1n) is 10.3. The lowest BCUT2D eigenvalue weighted by atomic mass is 9.92. The second-order valence-corrected chi connectivity index (χ2v) is 8.22. The smallest absolute Gasteiger partial charge is 0.349 e. The predicted octanol–water partition coefficient (Wildman–Crippen LogP) is 4.23. The molecule has 0 radical (unpaired) electrons. The molecule has 30 heavy (non-hydrogen) atoms. The number of amides is 1. The fourth-order valence-electron chi connectivity index (χ4n) is 4.03. The van der Waals surface area contributed by atoms with Gasteiger partial charge in [-0.2, -0.15) is 18.3 Å². The molecule has 1 saturated heterocycles. The fraction of sp³-hybridized carbons (Fsp3) is 0.545. The van der Waals surface area contributed by atoms with E-state index in [0.29, 0.717) is 24.4 Å². The molecule has 8 heteroatoms. The van der Waals surface area contributed by atoms with E-state index in [1.165, 1.54) is 12.1 Å². The Morgan fingerprint density at radius 2 is 2.00 bits per heavy atom. The highest BCUT2D eigenvalue weighted by molar-refractivity contribution is 5.76. The minimum Gasteiger partial charge on any atom is -0.349 e. The standard InChI is InChI=1S/C22H29F3N4O/c1-15(20-13-26-28(3)16(20)2)27-21(30)12-17-7-9-29(10-8-17)14-18-5-4-6-19(11-18)22(23,24)25/h4-6,11,13,15,17H,7-10,12,14H2,1-3H3,(H,27,30). The molecule has 1 aromatic carbocycles. The number of piperidine rings is 1. The summed E-state index contributed by atoms with van der Waals surface area (Å²) in [5.41, 5.74) is 2.11. The fourth-order valence-corrected chi connectivity index (χ4v) is 4.03. The number of hydrogen-bond acceptors (Lipinski definition) is 3. The van der Waals surface area contributed by atoms with Gasteiger partial charge in [0.1, 0.15) is 0 Å². The minimum absolute atomic E-state index is 0.0297. The Bertz CT molecular complexity index is 870. The van der Waals surface area contributed by atoms with Crippen molar-refractivity contribution in [3.8, 4) is 0 Å². The maximum Gasteiger partial charge on any atom is 0.416 e. The second-order valence-electron chi connectivity index (χ2n) is 8.22. The molecule has 0 bridgehead atoms. The van der Waals surface area contributed by atoms with Crippen molar-refractivity contribution in [3.63, 3.8) is 0 Å². The zero-order valence-electron chi connectivity index (χ0n) is 17.7. The Kier molecular flexibility index (Phi) is 6.85. The van der Waals surface area contributed by atoms with Crippen LogP contribution in [-0.2, 0) is 24.6 Å². The number of halogens is 3. The van der Waals surface area contributed by atoms with E-state index in [4.69, 9.17) is 0 Å². The third-order valence-corrected chi connectivity index (χ3v) is 5.96. The van der Waals surface area contributed by atoms with Crippen molar-refractivity contribution in [1.29, 1.82) is 0 Å². The van der Waals surface area contributed by atoms with Gasteiger partial charge in [0.05, 0.1) is 17.8 Å². The van der Waals surface area contributed by atoms with Crippen molar-refractivity contribution in [2.75, 3.05) is 13.1 Å². The number of hydrogen-bond donors (Lipinski definition) is 1. The van der Waals surface area contributed by atoms with Gasteiger partial charge in [0.15, 0.2) is 0 Å². The van der Waals surface area contributed by atoms with Crippen LogP contribution in [0.1, 0.15) is 54.6 Å². The van der Waals surface area contributed by atoms with E-state index < -0.39 is 11.7 Å². The van der Waals surface area contributed by atoms with Gasteiger partial charge in [0, 0.05) is 31.3 Å². The van der Waals surface area contributed by atoms with Gasteiger partial charge >= 0.3 is 6.18 Å². The molecular formula is C22H29F3N4O. The highest BCUT2D eigenvalue weighted by atomic mass is 19.4. The SMILES string of the molecule is Cc1c(C(C)NC(=O)CC2CCN(Cc3cccc(C(F)(F)F)c3)CC2)cnn1C. The molecule has 1 aliphatic heterocycles. The summed E-state index contributed by atoms with van der Waals surface area (Å²) >= 11 is 0. The molecule has 2 heterocycles. The Hall–Kier alpha value is -2.35. The van der Waals surface area contributed by atoms with Crippen LogP contribution in [0, 0.1) is 12.8 Å². The number of aromatic nitrogens is 2. The van der Waals surface area contributed by atoms with Crippen molar-refractivity contribution < 1.29 is 18.0 Å². The van der Waals surface area contributed by atoms with Crippen LogP contribution in [0.4, 0.5) is 13.2 Å². The highest BCUT2D eigenvalue weighted by Crippen LogP contribution is 2.30. The average Bonchev–Trinajstić information content (AvgIpc) is 3.02. The number of benzene rings is 1. The third-order valence-electron chi connectivity index (χ3n) is 5.96. The summed E-state index contributed by atoms with van der Waals surface area (Å²) in [6, 6.07) is 5.42. The first-order chi connectivity index (χ1) is 14.1. The number of likely N-dealkylation sites (tertiary alicyclic amines) is 1. The van der Waals surface area contributed by atoms with E-state index in [1.54, 1.807) is 16.9 Å². The van der Waals surface area contributed by atoms with Crippen LogP contribution in [-0.4, -0.2) is 33.7 Å². The zero-order valence-corrected chi connectivity index (χ0v) is 17.7. The quantitative estimate of drug-likeness (QED) is 0.758. The minimum atomic E-state index is -4.32. The predicted molar refractivity (Wildman–Crippen MR) is 109 cm³/mol. The first-order valence-corrected chi connectivity index (χ1v) is 10.3. The van der Waals surface area contributed by atoms with Crippen molar-refractivity contribution in [2.45, 2.75) is 51.9 Å². The molecule has 2 aromatic rings. The molecule has 0 saturated carbocycles. The zero-order chi connectivity index (χ0) is 21.9. The number of aryl methyl sites for hydroxylation is 1. The lowest BCUT2D eigenvalue weighted by Gasteiger charge is -2.32. The van der Waals surface area contributed by atoms with Gasteiger partial charge in [-0.15, -0.1) is 0 Å². The maximum atomic E-state index is 12.9. The molecule has 164 valence electrons. The van der Waals surface area contributed by atoms with Crippen LogP contribution in [0.5, 0.6) is 0 Å². The van der Waals surface area contributed by atoms with Crippen LogP contribution < -0.4 is 5.32 Å². The monoisotopic (exact) mass is 422 g/mol. The van der Waals surface area contributed by atoms with E-state index in [1.807, 2.05) is 20.9 Å². The summed E-state index contributed by atoms with van der Waals surface area (Å²) < 4.78 is 40.4. The van der Waals surface area contributed by atoms with Crippen LogP contribution in [0.2, 0.25) is 0 Å². The van der Waals surface area contributed by atoms with Crippen molar-refractivity contribution in [2.24, 2.45) is 13.0 Å². The summed E-state index contributed by atoms with van der Waals surface area (Å²) in [6.07, 6.45) is -0.325. The molecule has 3 rings (SSSR count). The molecular weight excluding hydrogens is 393 g/mol. The molecule has 0 spiro atoms. The normalized spacial score (nSPS) is 17.1. The van der Waals surface area contributed by atoms with Gasteiger partial charge in [0.2, 0.25) is 5.91 Å². The summed E-state index contributed by atoms with van der Waals surface area (Å²) in [4.78, 5) is 14.6. The summed E-state index contributed by atoms with van der Waals surface area (Å²) in [6.45, 7) is 6.00. The molecule has 5 nitrogen and oxygen atoms in total. The number of nitrogens with zero attached hydrogens (tertiary/aromatic N) is 3. The van der Waals surface area contributed by atoms with Gasteiger partial charge in [-0.05, 0) is 57.3 Å². The van der Waals surface area contributed by atoms with Crippen LogP contribution >= 0.6 is 0 Å². The van der Waals surface area contributed by atoms with Crippen molar-refractivity contribution in [3.05, 3.63) is 52.8 Å². The van der Waals surface area contributed by atoms with E-state index in [2.05, 4.69) is 15.3 Å². The van der Waals surface area contributed by atoms with Crippen LogP contribution in [0.3, 0.4) is 0 Å². The summed E-state index contributed by atoms with van der Waals surface area (Å²) in [7, 11) is 1.88. The van der Waals surface area contributed by atoms with Gasteiger partial charge in [-0.25, -0.2) is 0 Å². The molecule has 1 aromatic heterocycles. The van der Waals surface area contributed by atoms with Gasteiger partial charge in [-0.1, -0.05) is 18.2 Å². The van der Waals surface area contributed by atoms with Crippen molar-refractivity contribution in [1.82, 2.24) is 20.0 Å². The molecule has 1 amide bonds. The highest BCUT2D eigenvalue weighted by Gasteiger charge is 2.30. The van der Waals surface area contributed by atoms with E-state index in [-0.39, 0.29) is 11.9 Å². The van der Waals surface area contributed by atoms with E-state index in [0.717, 1.165) is 43.3 Å². The Morgan fingerprint density at radius 1 is 1.30 bits per heavy atom. The number of carbonyl (C=O) groups excluding carboxylic acids is 1. The van der Waals surface area contributed by atoms with Crippen molar-refractivity contribution >= 4 is 5.91 Å². The Labute approximate surface area is 175 Å². The third kappa shape index (κ3) is 5.62. The Morgan fingerprint density at radius 3 is 2.60 bits per heavy atom. The molecule has 1 N–H and O–H groups in total. The van der Waals surface area contributed by atoms with Crippen LogP contribution in [0.25, 0.3) is 0 Å². The average molecular weight is 422 g/mol. The summed E-state index contributed by atoms with van der Waals surface area (Å²) in [5.74, 6) is 0.326. The van der Waals surface area contributed by atoms with E-state index >= 15 is 0 Å². The number of carbonyl (C=O) groups is 1. The van der Waals surface area contributed by atoms with Gasteiger partial charge < -0.3 is 5.32 Å². The second kappa shape index (κ2) is 9.20. The molecule has 1 atom stereocenters. The number of alkyl halides is 3. The topological polar surface area (TPSA) is 50.2 Å². The molecule has 0 aliphatic carbocycles. The molecule has 1 unspecified atom stereocenters. The van der Waals surface area contributed by atoms with E-state index in [9.17, 15) is 18.0 Å². The first kappa shape index (κ1) is 22.3. The number of rotatable bonds is 6. The largest absolute Gasteiger partial charge is 0.416 e. The molecule has 1 fully saturated rings. The number of nitrogens with one attached hydrogen (secondary N) is 1. The maximum absolute atomic E-state index is 12.9. The van der Waals surface area contributed by atoms with Crippen LogP contribution in [0.15, 0.2) is 30.5 Å². The van der Waals surface area contributed by atoms with Gasteiger partial charge in [0.25, 0.3) is 0 Å². The molecule has 1 aliphatic rings. The lowest BCUT2D eigenvalue weighted by Crippen LogP contribution is -2.36. The summed E-state index contributed by atoms with van der Waals surface area (Å²) in [5, 5.41) is 7.28.